The molecule has 98 valence electrons. The van der Waals surface area contributed by atoms with Crippen LogP contribution in [0.3, 0.4) is 0 Å². The number of nitrogens with zero attached hydrogens (tertiary/aromatic N) is 2. The van der Waals surface area contributed by atoms with Crippen molar-refractivity contribution in [2.45, 2.75) is 11.0 Å². The van der Waals surface area contributed by atoms with Crippen molar-refractivity contribution in [1.29, 1.82) is 0 Å². The minimum absolute atomic E-state index is 0.518. The molecule has 0 rings (SSSR count). The van der Waals surface area contributed by atoms with Crippen LogP contribution in [0.15, 0.2) is 0 Å². The molecular formula is C9H16N2O2S4. The fourth-order valence-corrected chi connectivity index (χ4v) is 3.79. The molecular weight excluding hydrogens is 296 g/mol. The molecule has 0 aliphatic rings. The van der Waals surface area contributed by atoms with Gasteiger partial charge >= 0.3 is 5.97 Å². The Morgan fingerprint density at radius 1 is 1.06 bits per heavy atom. The third kappa shape index (κ3) is 5.41. The van der Waals surface area contributed by atoms with E-state index in [-0.39, 0.29) is 0 Å². The number of thioether (sulfide) groups is 2. The smallest absolute Gasteiger partial charge is 0.330 e. The fraction of sp³-hybridized carbons (Fsp3) is 0.667. The zero-order chi connectivity index (χ0) is 13.8. The maximum absolute atomic E-state index is 11.3. The average Bonchev–Trinajstić information content (AvgIpc) is 2.16. The zero-order valence-corrected chi connectivity index (χ0v) is 13.6. The monoisotopic (exact) mass is 312 g/mol. The lowest BCUT2D eigenvalue weighted by atomic mass is 10.5. The molecule has 8 heteroatoms. The van der Waals surface area contributed by atoms with Gasteiger partial charge in [-0.3, -0.25) is 0 Å². The molecule has 0 aromatic rings. The van der Waals surface area contributed by atoms with Gasteiger partial charge in [-0.25, -0.2) is 4.79 Å². The Hall–Kier alpha value is -0.0500. The van der Waals surface area contributed by atoms with E-state index in [9.17, 15) is 9.90 Å². The molecule has 0 aromatic carbocycles. The van der Waals surface area contributed by atoms with Crippen molar-refractivity contribution >= 4 is 62.6 Å². The number of carbonyl (C=O) groups is 1. The fourth-order valence-electron chi connectivity index (χ4n) is 0.624. The molecule has 0 amide bonds. The van der Waals surface area contributed by atoms with Crippen LogP contribution in [0.4, 0.5) is 0 Å². The van der Waals surface area contributed by atoms with E-state index in [1.54, 1.807) is 44.9 Å². The van der Waals surface area contributed by atoms with E-state index < -0.39 is 10.0 Å². The molecule has 0 saturated carbocycles. The van der Waals surface area contributed by atoms with Crippen LogP contribution in [0.5, 0.6) is 0 Å². The molecule has 0 spiro atoms. The third-order valence-electron chi connectivity index (χ3n) is 1.68. The first-order valence-electron chi connectivity index (χ1n) is 4.64. The second-order valence-electron chi connectivity index (χ2n) is 3.78. The summed E-state index contributed by atoms with van der Waals surface area (Å²) in [7, 11) is 7.14. The summed E-state index contributed by atoms with van der Waals surface area (Å²) < 4.78 is -0.0733. The second kappa shape index (κ2) is 6.77. The largest absolute Gasteiger partial charge is 0.480 e. The molecule has 0 unspecified atom stereocenters. The average molecular weight is 313 g/mol. The number of hydrogen-bond donors (Lipinski definition) is 1. The molecule has 0 heterocycles. The van der Waals surface area contributed by atoms with Crippen molar-refractivity contribution in [3.8, 4) is 0 Å². The van der Waals surface area contributed by atoms with Crippen LogP contribution in [0.25, 0.3) is 0 Å². The van der Waals surface area contributed by atoms with E-state index >= 15 is 0 Å². The molecule has 0 aliphatic heterocycles. The van der Waals surface area contributed by atoms with E-state index in [4.69, 9.17) is 24.4 Å². The Morgan fingerprint density at radius 3 is 1.53 bits per heavy atom. The van der Waals surface area contributed by atoms with Crippen LogP contribution in [0.1, 0.15) is 6.92 Å². The highest BCUT2D eigenvalue weighted by Gasteiger charge is 2.38. The molecule has 4 nitrogen and oxygen atoms in total. The summed E-state index contributed by atoms with van der Waals surface area (Å²) >= 11 is 12.5. The van der Waals surface area contributed by atoms with Crippen molar-refractivity contribution in [3.05, 3.63) is 0 Å². The first kappa shape index (κ1) is 16.9. The third-order valence-corrected chi connectivity index (χ3v) is 5.62. The van der Waals surface area contributed by atoms with Crippen LogP contribution in [0.2, 0.25) is 0 Å². The minimum Gasteiger partial charge on any atom is -0.480 e. The SMILES string of the molecule is CN(C)C(=S)SC(C)(SC(=S)N(C)C)C(=O)O. The summed E-state index contributed by atoms with van der Waals surface area (Å²) in [6.45, 7) is 1.61. The van der Waals surface area contributed by atoms with Crippen molar-refractivity contribution in [2.75, 3.05) is 28.2 Å². The number of aliphatic carboxylic acids is 1. The molecule has 17 heavy (non-hydrogen) atoms. The summed E-state index contributed by atoms with van der Waals surface area (Å²) in [6.07, 6.45) is 0. The van der Waals surface area contributed by atoms with Gasteiger partial charge in [0.2, 0.25) is 0 Å². The normalized spacial score (nSPS) is 10.9. The summed E-state index contributed by atoms with van der Waals surface area (Å²) in [5, 5.41) is 9.30. The van der Waals surface area contributed by atoms with E-state index in [2.05, 4.69) is 0 Å². The highest BCUT2D eigenvalue weighted by Crippen LogP contribution is 2.39. The molecule has 0 saturated heterocycles. The van der Waals surface area contributed by atoms with Gasteiger partial charge in [0.25, 0.3) is 0 Å². The summed E-state index contributed by atoms with van der Waals surface area (Å²) in [5.41, 5.74) is 0. The van der Waals surface area contributed by atoms with Gasteiger partial charge in [0.1, 0.15) is 8.64 Å². The topological polar surface area (TPSA) is 43.8 Å². The molecule has 0 atom stereocenters. The van der Waals surface area contributed by atoms with Gasteiger partial charge in [-0.05, 0) is 6.92 Å². The van der Waals surface area contributed by atoms with Crippen LogP contribution in [-0.2, 0) is 4.79 Å². The van der Waals surface area contributed by atoms with E-state index in [0.29, 0.717) is 8.64 Å². The van der Waals surface area contributed by atoms with Gasteiger partial charge in [0, 0.05) is 28.2 Å². The molecule has 1 N–H and O–H groups in total. The van der Waals surface area contributed by atoms with Gasteiger partial charge in [-0.1, -0.05) is 48.0 Å². The van der Waals surface area contributed by atoms with Gasteiger partial charge < -0.3 is 14.9 Å². The molecule has 0 aromatic heterocycles. The van der Waals surface area contributed by atoms with Crippen molar-refractivity contribution in [3.63, 3.8) is 0 Å². The van der Waals surface area contributed by atoms with E-state index in [1.807, 2.05) is 0 Å². The zero-order valence-electron chi connectivity index (χ0n) is 10.4. The highest BCUT2D eigenvalue weighted by atomic mass is 32.2. The second-order valence-corrected chi connectivity index (χ2v) is 8.14. The van der Waals surface area contributed by atoms with Crippen LogP contribution in [-0.4, -0.2) is 61.8 Å². The predicted octanol–water partition coefficient (Wildman–Crippen LogP) is 1.95. The van der Waals surface area contributed by atoms with Crippen molar-refractivity contribution in [2.24, 2.45) is 0 Å². The molecule has 0 radical (unpaired) electrons. The number of hydrogen-bond acceptors (Lipinski definition) is 5. The highest BCUT2D eigenvalue weighted by molar-refractivity contribution is 8.37. The Labute approximate surface area is 121 Å². The maximum Gasteiger partial charge on any atom is 0.330 e. The predicted molar refractivity (Wildman–Crippen MR) is 83.8 cm³/mol. The Balaban J connectivity index is 4.87. The number of carboxylic acid groups (broad SMARTS) is 1. The van der Waals surface area contributed by atoms with Gasteiger partial charge in [-0.2, -0.15) is 0 Å². The van der Waals surface area contributed by atoms with Gasteiger partial charge in [-0.15, -0.1) is 0 Å². The maximum atomic E-state index is 11.3. The first-order chi connectivity index (χ1) is 7.60. The Bertz CT molecular complexity index is 309. The summed E-state index contributed by atoms with van der Waals surface area (Å²) in [4.78, 5) is 14.8. The van der Waals surface area contributed by atoms with Crippen LogP contribution < -0.4 is 0 Å². The first-order valence-corrected chi connectivity index (χ1v) is 7.09. The van der Waals surface area contributed by atoms with Gasteiger partial charge in [0.05, 0.1) is 0 Å². The van der Waals surface area contributed by atoms with E-state index in [1.165, 1.54) is 0 Å². The molecule has 0 bridgehead atoms. The lowest BCUT2D eigenvalue weighted by Gasteiger charge is -2.27. The van der Waals surface area contributed by atoms with Crippen molar-refractivity contribution < 1.29 is 9.90 Å². The number of thiocarbonyl (C=S) groups is 2. The van der Waals surface area contributed by atoms with Crippen molar-refractivity contribution in [1.82, 2.24) is 9.80 Å². The number of rotatable bonds is 3. The lowest BCUT2D eigenvalue weighted by molar-refractivity contribution is -0.136. The molecule has 0 aliphatic carbocycles. The lowest BCUT2D eigenvalue weighted by Crippen LogP contribution is -2.35. The van der Waals surface area contributed by atoms with Crippen LogP contribution >= 0.6 is 48.0 Å². The Kier molecular flexibility index (Phi) is 6.75. The van der Waals surface area contributed by atoms with E-state index in [0.717, 1.165) is 23.5 Å². The molecule has 0 fully saturated rings. The van der Waals surface area contributed by atoms with Crippen LogP contribution in [0, 0.1) is 0 Å². The summed E-state index contributed by atoms with van der Waals surface area (Å²) in [5.74, 6) is -0.944. The standard InChI is InChI=1S/C9H16N2O2S4/c1-9(6(12)13,16-7(14)10(2)3)17-8(15)11(4)5/h1-5H3,(H,12,13). The summed E-state index contributed by atoms with van der Waals surface area (Å²) in [6, 6.07) is 0. The quantitative estimate of drug-likeness (QED) is 0.626. The Morgan fingerprint density at radius 2 is 1.35 bits per heavy atom. The van der Waals surface area contributed by atoms with Gasteiger partial charge in [0.15, 0.2) is 4.08 Å². The number of carboxylic acids is 1. The minimum atomic E-state index is -1.11.